The second-order valence-electron chi connectivity index (χ2n) is 7.05. The first-order chi connectivity index (χ1) is 13.2. The zero-order chi connectivity index (χ0) is 20.7. The number of aliphatic imine (C=N–C) groups is 1. The predicted octanol–water partition coefficient (Wildman–Crippen LogP) is 2.99. The van der Waals surface area contributed by atoms with Gasteiger partial charge in [0.2, 0.25) is 0 Å². The summed E-state index contributed by atoms with van der Waals surface area (Å²) in [7, 11) is 2.68. The van der Waals surface area contributed by atoms with E-state index in [2.05, 4.69) is 45.6 Å². The van der Waals surface area contributed by atoms with Gasteiger partial charge in [0.25, 0.3) is 0 Å². The van der Waals surface area contributed by atoms with Gasteiger partial charge in [0.15, 0.2) is 15.8 Å². The van der Waals surface area contributed by atoms with Crippen molar-refractivity contribution in [2.45, 2.75) is 24.8 Å². The van der Waals surface area contributed by atoms with Crippen molar-refractivity contribution in [2.75, 3.05) is 38.8 Å². The number of hydrogen-bond donors (Lipinski definition) is 2. The third kappa shape index (κ3) is 7.85. The zero-order valence-corrected chi connectivity index (χ0v) is 20.8. The smallest absolute Gasteiger partial charge is 0.191 e. The topological polar surface area (TPSA) is 73.8 Å². The van der Waals surface area contributed by atoms with Gasteiger partial charge in [-0.15, -0.1) is 24.0 Å². The van der Waals surface area contributed by atoms with Crippen LogP contribution in [-0.2, 0) is 22.8 Å². The highest BCUT2D eigenvalue weighted by atomic mass is 127. The molecule has 0 radical (unpaired) electrons. The van der Waals surface area contributed by atoms with Crippen molar-refractivity contribution in [3.63, 3.8) is 0 Å². The van der Waals surface area contributed by atoms with E-state index in [1.807, 2.05) is 26.2 Å². The van der Waals surface area contributed by atoms with E-state index in [9.17, 15) is 8.42 Å². The Morgan fingerprint density at radius 1 is 1.07 bits per heavy atom. The fourth-order valence-corrected chi connectivity index (χ4v) is 3.50. The van der Waals surface area contributed by atoms with Crippen LogP contribution in [0.3, 0.4) is 0 Å². The Kier molecular flexibility index (Phi) is 9.91. The monoisotopic (exact) mass is 530 g/mol. The number of guanidine groups is 1. The Balaban J connectivity index is 0.00000420. The molecule has 6 nitrogen and oxygen atoms in total. The molecule has 0 heterocycles. The molecule has 2 rings (SSSR count). The van der Waals surface area contributed by atoms with Crippen molar-refractivity contribution in [1.82, 2.24) is 10.6 Å². The van der Waals surface area contributed by atoms with Gasteiger partial charge in [-0.1, -0.05) is 24.3 Å². The second-order valence-corrected chi connectivity index (χ2v) is 9.06. The highest BCUT2D eigenvalue weighted by molar-refractivity contribution is 14.0. The number of halogens is 1. The minimum atomic E-state index is -3.15. The molecule has 2 N–H and O–H groups in total. The molecule has 8 heteroatoms. The predicted molar refractivity (Wildman–Crippen MR) is 132 cm³/mol. The van der Waals surface area contributed by atoms with Gasteiger partial charge in [0.05, 0.1) is 4.90 Å². The quantitative estimate of drug-likeness (QED) is 0.327. The van der Waals surface area contributed by atoms with Gasteiger partial charge in [-0.2, -0.15) is 0 Å². The maximum atomic E-state index is 11.5. The number of nitrogens with one attached hydrogen (secondary N) is 2. The number of nitrogens with zero attached hydrogens (tertiary/aromatic N) is 2. The fraction of sp³-hybridized carbons (Fsp3) is 0.381. The maximum absolute atomic E-state index is 11.5. The molecule has 0 bridgehead atoms. The van der Waals surface area contributed by atoms with Crippen molar-refractivity contribution in [2.24, 2.45) is 4.99 Å². The van der Waals surface area contributed by atoms with Crippen molar-refractivity contribution in [3.8, 4) is 0 Å². The summed E-state index contributed by atoms with van der Waals surface area (Å²) in [5.41, 5.74) is 4.70. The molecular weight excluding hydrogens is 499 g/mol. The van der Waals surface area contributed by atoms with Crippen LogP contribution in [0.4, 0.5) is 5.69 Å². The van der Waals surface area contributed by atoms with Gasteiger partial charge >= 0.3 is 0 Å². The van der Waals surface area contributed by atoms with Crippen LogP contribution in [0.1, 0.15) is 16.7 Å². The molecule has 0 aliphatic rings. The van der Waals surface area contributed by atoms with Gasteiger partial charge in [-0.05, 0) is 48.2 Å². The lowest BCUT2D eigenvalue weighted by atomic mass is 10.1. The van der Waals surface area contributed by atoms with E-state index in [1.54, 1.807) is 19.2 Å². The van der Waals surface area contributed by atoms with Crippen LogP contribution in [0.25, 0.3) is 0 Å². The van der Waals surface area contributed by atoms with Gasteiger partial charge in [0.1, 0.15) is 0 Å². The average Bonchev–Trinajstić information content (AvgIpc) is 2.64. The summed E-state index contributed by atoms with van der Waals surface area (Å²) >= 11 is 0. The van der Waals surface area contributed by atoms with Gasteiger partial charge in [-0.3, -0.25) is 4.99 Å². The molecular formula is C21H31IN4O2S. The standard InChI is InChI=1S/C21H30N4O2S.HI/c1-16-6-9-18(20(14-16)25(3)4)15-24-21(22-2)23-13-12-17-7-10-19(11-8-17)28(5,26)27;/h6-11,14H,12-13,15H2,1-5H3,(H2,22,23,24);1H. The van der Waals surface area contributed by atoms with Crippen LogP contribution in [0, 0.1) is 6.92 Å². The summed E-state index contributed by atoms with van der Waals surface area (Å²) < 4.78 is 23.0. The Labute approximate surface area is 191 Å². The maximum Gasteiger partial charge on any atom is 0.191 e. The lowest BCUT2D eigenvalue weighted by molar-refractivity contribution is 0.602. The molecule has 160 valence electrons. The zero-order valence-electron chi connectivity index (χ0n) is 17.7. The summed E-state index contributed by atoms with van der Waals surface area (Å²) in [5.74, 6) is 0.734. The van der Waals surface area contributed by atoms with Crippen molar-refractivity contribution < 1.29 is 8.42 Å². The number of sulfone groups is 1. The normalized spacial score (nSPS) is 11.6. The fourth-order valence-electron chi connectivity index (χ4n) is 2.87. The molecule has 0 unspecified atom stereocenters. The van der Waals surface area contributed by atoms with Crippen LogP contribution in [0.15, 0.2) is 52.4 Å². The first-order valence-corrected chi connectivity index (χ1v) is 11.1. The third-order valence-corrected chi connectivity index (χ3v) is 5.58. The highest BCUT2D eigenvalue weighted by Crippen LogP contribution is 2.20. The van der Waals surface area contributed by atoms with E-state index in [4.69, 9.17) is 0 Å². The molecule has 0 amide bonds. The average molecular weight is 530 g/mol. The molecule has 0 spiro atoms. The molecule has 0 fully saturated rings. The number of aryl methyl sites for hydroxylation is 1. The Hall–Kier alpha value is -1.81. The number of hydrogen-bond acceptors (Lipinski definition) is 4. The molecule has 29 heavy (non-hydrogen) atoms. The van der Waals surface area contributed by atoms with Gasteiger partial charge < -0.3 is 15.5 Å². The summed E-state index contributed by atoms with van der Waals surface area (Å²) in [5, 5.41) is 6.65. The number of rotatable bonds is 7. The number of anilines is 1. The molecule has 0 aliphatic heterocycles. The van der Waals surface area contributed by atoms with E-state index in [0.717, 1.165) is 17.9 Å². The SMILES string of the molecule is CN=C(NCCc1ccc(S(C)(=O)=O)cc1)NCc1ccc(C)cc1N(C)C.I. The molecule has 0 aromatic heterocycles. The highest BCUT2D eigenvalue weighted by Gasteiger charge is 2.07. The van der Waals surface area contributed by atoms with Crippen LogP contribution in [-0.4, -0.2) is 48.3 Å². The largest absolute Gasteiger partial charge is 0.377 e. The second kappa shape index (κ2) is 11.4. The summed E-state index contributed by atoms with van der Waals surface area (Å²) in [4.78, 5) is 6.73. The Bertz CT molecular complexity index is 926. The molecule has 0 saturated carbocycles. The van der Waals surface area contributed by atoms with Gasteiger partial charge in [-0.25, -0.2) is 8.42 Å². The van der Waals surface area contributed by atoms with E-state index in [0.29, 0.717) is 18.0 Å². The first-order valence-electron chi connectivity index (χ1n) is 9.21. The van der Waals surface area contributed by atoms with Crippen LogP contribution >= 0.6 is 24.0 Å². The van der Waals surface area contributed by atoms with Crippen molar-refractivity contribution >= 4 is 45.5 Å². The first kappa shape index (κ1) is 25.2. The number of benzene rings is 2. The van der Waals surface area contributed by atoms with E-state index >= 15 is 0 Å². The molecule has 0 atom stereocenters. The lowest BCUT2D eigenvalue weighted by Gasteiger charge is -2.19. The Morgan fingerprint density at radius 3 is 2.28 bits per heavy atom. The molecule has 2 aromatic rings. The lowest BCUT2D eigenvalue weighted by Crippen LogP contribution is -2.38. The summed E-state index contributed by atoms with van der Waals surface area (Å²) in [6.07, 6.45) is 1.99. The van der Waals surface area contributed by atoms with E-state index < -0.39 is 9.84 Å². The van der Waals surface area contributed by atoms with E-state index in [-0.39, 0.29) is 24.0 Å². The van der Waals surface area contributed by atoms with Crippen LogP contribution in [0.2, 0.25) is 0 Å². The molecule has 0 saturated heterocycles. The summed E-state index contributed by atoms with van der Waals surface area (Å²) in [6, 6.07) is 13.4. The van der Waals surface area contributed by atoms with E-state index in [1.165, 1.54) is 23.1 Å². The molecule has 2 aromatic carbocycles. The van der Waals surface area contributed by atoms with Crippen molar-refractivity contribution in [3.05, 3.63) is 59.2 Å². The Morgan fingerprint density at radius 2 is 1.72 bits per heavy atom. The molecule has 0 aliphatic carbocycles. The van der Waals surface area contributed by atoms with Gasteiger partial charge in [0, 0.05) is 46.2 Å². The summed E-state index contributed by atoms with van der Waals surface area (Å²) in [6.45, 7) is 3.47. The van der Waals surface area contributed by atoms with Crippen LogP contribution in [0.5, 0.6) is 0 Å². The minimum Gasteiger partial charge on any atom is -0.377 e. The minimum absolute atomic E-state index is 0. The van der Waals surface area contributed by atoms with Crippen molar-refractivity contribution in [1.29, 1.82) is 0 Å². The van der Waals surface area contributed by atoms with Crippen LogP contribution < -0.4 is 15.5 Å². The third-order valence-electron chi connectivity index (χ3n) is 4.45.